The van der Waals surface area contributed by atoms with Crippen LogP contribution < -0.4 is 5.32 Å². The lowest BCUT2D eigenvalue weighted by Crippen LogP contribution is -2.30. The van der Waals surface area contributed by atoms with E-state index in [1.54, 1.807) is 0 Å². The standard InChI is InChI=1S/C14H16N2O3S/c17-14(11-5-7-20(18,19)9-11)16-8-10-2-1-3-13-12(10)4-6-15-13/h1-4,6,11,15H,5,7-9H2,(H,16,17). The van der Waals surface area contributed by atoms with Gasteiger partial charge in [0.25, 0.3) is 0 Å². The summed E-state index contributed by atoms with van der Waals surface area (Å²) in [5.74, 6) is -0.463. The summed E-state index contributed by atoms with van der Waals surface area (Å²) in [6.45, 7) is 0.421. The van der Waals surface area contributed by atoms with Gasteiger partial charge in [0.2, 0.25) is 5.91 Å². The number of hydrogen-bond donors (Lipinski definition) is 2. The highest BCUT2D eigenvalue weighted by Gasteiger charge is 2.32. The molecule has 1 aromatic carbocycles. The van der Waals surface area contributed by atoms with Crippen LogP contribution >= 0.6 is 0 Å². The molecule has 0 radical (unpaired) electrons. The molecule has 0 aliphatic carbocycles. The molecule has 2 heterocycles. The van der Waals surface area contributed by atoms with Crippen LogP contribution in [0.4, 0.5) is 0 Å². The summed E-state index contributed by atoms with van der Waals surface area (Å²) in [4.78, 5) is 15.1. The monoisotopic (exact) mass is 292 g/mol. The van der Waals surface area contributed by atoms with E-state index in [1.807, 2.05) is 30.5 Å². The highest BCUT2D eigenvalue weighted by atomic mass is 32.2. The lowest BCUT2D eigenvalue weighted by Gasteiger charge is -2.10. The summed E-state index contributed by atoms with van der Waals surface area (Å²) in [5.41, 5.74) is 2.05. The summed E-state index contributed by atoms with van der Waals surface area (Å²) >= 11 is 0. The fourth-order valence-electron chi connectivity index (χ4n) is 2.63. The Morgan fingerprint density at radius 1 is 1.35 bits per heavy atom. The zero-order valence-electron chi connectivity index (χ0n) is 10.9. The van der Waals surface area contributed by atoms with Crippen LogP contribution in [0.25, 0.3) is 10.9 Å². The number of rotatable bonds is 3. The van der Waals surface area contributed by atoms with Gasteiger partial charge in [0.05, 0.1) is 17.4 Å². The second kappa shape index (κ2) is 4.94. The first-order chi connectivity index (χ1) is 9.55. The largest absolute Gasteiger partial charge is 0.361 e. The highest BCUT2D eigenvalue weighted by Crippen LogP contribution is 2.20. The van der Waals surface area contributed by atoms with Gasteiger partial charge in [-0.2, -0.15) is 0 Å². The smallest absolute Gasteiger partial charge is 0.224 e. The van der Waals surface area contributed by atoms with Crippen molar-refractivity contribution in [2.45, 2.75) is 13.0 Å². The third kappa shape index (κ3) is 2.56. The predicted octanol–water partition coefficient (Wildman–Crippen LogP) is 1.22. The molecule has 1 aliphatic rings. The van der Waals surface area contributed by atoms with Crippen LogP contribution in [0.5, 0.6) is 0 Å². The van der Waals surface area contributed by atoms with Crippen molar-refractivity contribution < 1.29 is 13.2 Å². The summed E-state index contributed by atoms with van der Waals surface area (Å²) in [6, 6.07) is 7.84. The number of H-pyrrole nitrogens is 1. The molecule has 2 N–H and O–H groups in total. The van der Waals surface area contributed by atoms with Crippen molar-refractivity contribution in [3.8, 4) is 0 Å². The summed E-state index contributed by atoms with van der Waals surface area (Å²) in [7, 11) is -3.01. The van der Waals surface area contributed by atoms with Gasteiger partial charge in [-0.05, 0) is 24.1 Å². The van der Waals surface area contributed by atoms with E-state index in [0.717, 1.165) is 16.5 Å². The number of hydrogen-bond acceptors (Lipinski definition) is 3. The molecular formula is C14H16N2O3S. The molecule has 3 rings (SSSR count). The Hall–Kier alpha value is -1.82. The first-order valence-corrected chi connectivity index (χ1v) is 8.40. The number of nitrogens with one attached hydrogen (secondary N) is 2. The van der Waals surface area contributed by atoms with Gasteiger partial charge in [0.15, 0.2) is 9.84 Å². The minimum atomic E-state index is -3.01. The van der Waals surface area contributed by atoms with Gasteiger partial charge in [-0.1, -0.05) is 12.1 Å². The molecule has 1 amide bonds. The summed E-state index contributed by atoms with van der Waals surface area (Å²) < 4.78 is 22.8. The molecule has 6 heteroatoms. The maximum absolute atomic E-state index is 12.0. The van der Waals surface area contributed by atoms with Gasteiger partial charge < -0.3 is 10.3 Å². The van der Waals surface area contributed by atoms with Crippen LogP contribution in [0.3, 0.4) is 0 Å². The molecule has 2 aromatic rings. The molecule has 1 fully saturated rings. The Balaban J connectivity index is 1.68. The van der Waals surface area contributed by atoms with E-state index >= 15 is 0 Å². The fourth-order valence-corrected chi connectivity index (χ4v) is 4.37. The van der Waals surface area contributed by atoms with Gasteiger partial charge >= 0.3 is 0 Å². The first-order valence-electron chi connectivity index (χ1n) is 6.58. The van der Waals surface area contributed by atoms with Crippen LogP contribution in [0.15, 0.2) is 30.5 Å². The van der Waals surface area contributed by atoms with E-state index < -0.39 is 15.8 Å². The Morgan fingerprint density at radius 2 is 2.20 bits per heavy atom. The number of amides is 1. The molecule has 106 valence electrons. The third-order valence-electron chi connectivity index (χ3n) is 3.74. The number of aromatic nitrogens is 1. The van der Waals surface area contributed by atoms with Crippen molar-refractivity contribution in [2.75, 3.05) is 11.5 Å². The molecule has 0 spiro atoms. The SMILES string of the molecule is O=C(NCc1cccc2[nH]ccc12)C1CCS(=O)(=O)C1. The van der Waals surface area contributed by atoms with Gasteiger partial charge in [-0.15, -0.1) is 0 Å². The first kappa shape index (κ1) is 13.2. The Bertz CT molecular complexity index is 749. The minimum Gasteiger partial charge on any atom is -0.361 e. The molecule has 1 atom stereocenters. The number of fused-ring (bicyclic) bond motifs is 1. The van der Waals surface area contributed by atoms with E-state index in [1.165, 1.54) is 0 Å². The maximum atomic E-state index is 12.0. The van der Waals surface area contributed by atoms with Crippen LogP contribution in [0, 0.1) is 5.92 Å². The zero-order valence-corrected chi connectivity index (χ0v) is 11.7. The molecule has 0 saturated carbocycles. The van der Waals surface area contributed by atoms with Crippen molar-refractivity contribution in [3.63, 3.8) is 0 Å². The lowest BCUT2D eigenvalue weighted by atomic mass is 10.1. The number of aromatic amines is 1. The fraction of sp³-hybridized carbons (Fsp3) is 0.357. The van der Waals surface area contributed by atoms with Gasteiger partial charge in [0.1, 0.15) is 0 Å². The topological polar surface area (TPSA) is 79.0 Å². The lowest BCUT2D eigenvalue weighted by molar-refractivity contribution is -0.124. The van der Waals surface area contributed by atoms with E-state index in [-0.39, 0.29) is 17.4 Å². The van der Waals surface area contributed by atoms with Crippen LogP contribution in [-0.4, -0.2) is 30.8 Å². The van der Waals surface area contributed by atoms with Gasteiger partial charge in [-0.25, -0.2) is 8.42 Å². The molecule has 1 unspecified atom stereocenters. The molecule has 5 nitrogen and oxygen atoms in total. The third-order valence-corrected chi connectivity index (χ3v) is 5.51. The second-order valence-electron chi connectivity index (χ2n) is 5.17. The van der Waals surface area contributed by atoms with Crippen molar-refractivity contribution in [2.24, 2.45) is 5.92 Å². The molecule has 1 aliphatic heterocycles. The van der Waals surface area contributed by atoms with Crippen molar-refractivity contribution in [3.05, 3.63) is 36.0 Å². The minimum absolute atomic E-state index is 0.0206. The Morgan fingerprint density at radius 3 is 2.95 bits per heavy atom. The Labute approximate surface area is 117 Å². The quantitative estimate of drug-likeness (QED) is 0.892. The number of carbonyl (C=O) groups is 1. The molecule has 1 aromatic heterocycles. The number of carbonyl (C=O) groups excluding carboxylic acids is 1. The van der Waals surface area contributed by atoms with Gasteiger partial charge in [-0.3, -0.25) is 4.79 Å². The van der Waals surface area contributed by atoms with E-state index in [2.05, 4.69) is 10.3 Å². The Kier molecular flexibility index (Phi) is 3.25. The normalized spacial score (nSPS) is 21.1. The van der Waals surface area contributed by atoms with Crippen LogP contribution in [0.2, 0.25) is 0 Å². The number of sulfone groups is 1. The average Bonchev–Trinajstić information content (AvgIpc) is 3.02. The van der Waals surface area contributed by atoms with Crippen LogP contribution in [-0.2, 0) is 21.2 Å². The van der Waals surface area contributed by atoms with E-state index in [9.17, 15) is 13.2 Å². The summed E-state index contributed by atoms with van der Waals surface area (Å²) in [6.07, 6.45) is 2.29. The molecule has 20 heavy (non-hydrogen) atoms. The number of benzene rings is 1. The van der Waals surface area contributed by atoms with Crippen molar-refractivity contribution in [1.82, 2.24) is 10.3 Å². The van der Waals surface area contributed by atoms with Gasteiger partial charge in [0, 0.05) is 23.6 Å². The van der Waals surface area contributed by atoms with Crippen LogP contribution in [0.1, 0.15) is 12.0 Å². The second-order valence-corrected chi connectivity index (χ2v) is 7.40. The maximum Gasteiger partial charge on any atom is 0.224 e. The van der Waals surface area contributed by atoms with E-state index in [0.29, 0.717) is 13.0 Å². The zero-order chi connectivity index (χ0) is 14.2. The van der Waals surface area contributed by atoms with Crippen molar-refractivity contribution in [1.29, 1.82) is 0 Å². The predicted molar refractivity (Wildman–Crippen MR) is 76.9 cm³/mol. The average molecular weight is 292 g/mol. The highest BCUT2D eigenvalue weighted by molar-refractivity contribution is 7.91. The molecular weight excluding hydrogens is 276 g/mol. The molecule has 1 saturated heterocycles. The van der Waals surface area contributed by atoms with Crippen molar-refractivity contribution >= 4 is 26.6 Å². The van der Waals surface area contributed by atoms with E-state index in [4.69, 9.17) is 0 Å². The molecule has 0 bridgehead atoms. The summed E-state index contributed by atoms with van der Waals surface area (Å²) in [5, 5.41) is 3.92.